The summed E-state index contributed by atoms with van der Waals surface area (Å²) in [5.74, 6) is 0.525. The molecule has 0 spiro atoms. The van der Waals surface area contributed by atoms with Crippen molar-refractivity contribution >= 4 is 61.0 Å². The molecule has 2 N–H and O–H groups in total. The van der Waals surface area contributed by atoms with Crippen LogP contribution in [0.25, 0.3) is 26.8 Å². The highest BCUT2D eigenvalue weighted by Gasteiger charge is 2.10. The molecule has 0 saturated heterocycles. The molecule has 0 aliphatic carbocycles. The molecule has 0 amide bonds. The van der Waals surface area contributed by atoms with Crippen LogP contribution in [0.2, 0.25) is 0 Å². The highest BCUT2D eigenvalue weighted by atomic mass is 127. The van der Waals surface area contributed by atoms with Crippen molar-refractivity contribution in [1.29, 1.82) is 0 Å². The zero-order valence-electron chi connectivity index (χ0n) is 10.4. The van der Waals surface area contributed by atoms with Crippen molar-refractivity contribution in [3.05, 3.63) is 51.4 Å². The van der Waals surface area contributed by atoms with E-state index in [0.29, 0.717) is 5.95 Å². The molecule has 4 rings (SSSR count). The standard InChI is InChI=1S/C15H10IN3S/c16-10-1-3-13-12(8-10)18-15(17)19(13)11-2-4-14-9(7-11)5-6-20-14/h1-8H,(H2,17,18). The largest absolute Gasteiger partial charge is 0.369 e. The Hall–Kier alpha value is -1.60. The molecule has 0 radical (unpaired) electrons. The molecule has 4 aromatic rings. The van der Waals surface area contributed by atoms with E-state index < -0.39 is 0 Å². The van der Waals surface area contributed by atoms with Gasteiger partial charge in [0.05, 0.1) is 11.0 Å². The van der Waals surface area contributed by atoms with Gasteiger partial charge in [-0.3, -0.25) is 4.57 Å². The minimum Gasteiger partial charge on any atom is -0.369 e. The highest BCUT2D eigenvalue weighted by molar-refractivity contribution is 14.1. The van der Waals surface area contributed by atoms with Crippen molar-refractivity contribution in [1.82, 2.24) is 9.55 Å². The van der Waals surface area contributed by atoms with E-state index in [1.165, 1.54) is 10.1 Å². The van der Waals surface area contributed by atoms with Gasteiger partial charge in [-0.2, -0.15) is 0 Å². The third-order valence-electron chi connectivity index (χ3n) is 3.34. The number of fused-ring (bicyclic) bond motifs is 2. The second-order valence-electron chi connectivity index (χ2n) is 4.58. The number of hydrogen-bond acceptors (Lipinski definition) is 3. The maximum atomic E-state index is 6.11. The molecule has 3 nitrogen and oxygen atoms in total. The number of halogens is 1. The molecular weight excluding hydrogens is 381 g/mol. The van der Waals surface area contributed by atoms with Gasteiger partial charge in [0.2, 0.25) is 5.95 Å². The monoisotopic (exact) mass is 391 g/mol. The zero-order chi connectivity index (χ0) is 13.7. The summed E-state index contributed by atoms with van der Waals surface area (Å²) < 4.78 is 4.45. The molecule has 0 atom stereocenters. The molecule has 0 unspecified atom stereocenters. The van der Waals surface area contributed by atoms with E-state index in [1.807, 2.05) is 10.6 Å². The number of imidazole rings is 1. The lowest BCUT2D eigenvalue weighted by Crippen LogP contribution is -2.00. The van der Waals surface area contributed by atoms with Gasteiger partial charge >= 0.3 is 0 Å². The van der Waals surface area contributed by atoms with Crippen molar-refractivity contribution in [2.45, 2.75) is 0 Å². The van der Waals surface area contributed by atoms with Gasteiger partial charge in [-0.1, -0.05) is 0 Å². The molecule has 2 aromatic heterocycles. The van der Waals surface area contributed by atoms with Crippen LogP contribution in [-0.2, 0) is 0 Å². The van der Waals surface area contributed by atoms with Crippen LogP contribution >= 0.6 is 33.9 Å². The van der Waals surface area contributed by atoms with Gasteiger partial charge in [0.15, 0.2) is 0 Å². The lowest BCUT2D eigenvalue weighted by atomic mass is 10.2. The summed E-state index contributed by atoms with van der Waals surface area (Å²) in [6.45, 7) is 0. The van der Waals surface area contributed by atoms with E-state index in [2.05, 4.69) is 69.4 Å². The van der Waals surface area contributed by atoms with Crippen LogP contribution in [0, 0.1) is 3.57 Å². The molecule has 0 aliphatic heterocycles. The predicted octanol–water partition coefficient (Wildman–Crippen LogP) is 4.43. The lowest BCUT2D eigenvalue weighted by molar-refractivity contribution is 1.11. The Morgan fingerprint density at radius 2 is 2.00 bits per heavy atom. The van der Waals surface area contributed by atoms with E-state index >= 15 is 0 Å². The zero-order valence-corrected chi connectivity index (χ0v) is 13.4. The molecule has 0 fully saturated rings. The summed E-state index contributed by atoms with van der Waals surface area (Å²) in [5.41, 5.74) is 9.13. The van der Waals surface area contributed by atoms with Crippen molar-refractivity contribution < 1.29 is 0 Å². The van der Waals surface area contributed by atoms with E-state index in [1.54, 1.807) is 11.3 Å². The average Bonchev–Trinajstić information content (AvgIpc) is 3.00. The molecule has 0 aliphatic rings. The first-order valence-electron chi connectivity index (χ1n) is 6.13. The van der Waals surface area contributed by atoms with Crippen LogP contribution in [0.1, 0.15) is 0 Å². The smallest absolute Gasteiger partial charge is 0.205 e. The summed E-state index contributed by atoms with van der Waals surface area (Å²) in [7, 11) is 0. The normalized spacial score (nSPS) is 11.4. The number of hydrogen-bond donors (Lipinski definition) is 1. The molecule has 2 heterocycles. The molecule has 0 saturated carbocycles. The number of rotatable bonds is 1. The van der Waals surface area contributed by atoms with Crippen molar-refractivity contribution in [2.24, 2.45) is 0 Å². The number of nitrogen functional groups attached to an aromatic ring is 1. The number of anilines is 1. The fourth-order valence-corrected chi connectivity index (χ4v) is 3.68. The number of thiophene rings is 1. The Bertz CT molecular complexity index is 939. The van der Waals surface area contributed by atoms with Gasteiger partial charge < -0.3 is 5.73 Å². The minimum atomic E-state index is 0.525. The Kier molecular flexibility index (Phi) is 2.71. The quantitative estimate of drug-likeness (QED) is 0.488. The summed E-state index contributed by atoms with van der Waals surface area (Å²) in [6, 6.07) is 14.7. The highest BCUT2D eigenvalue weighted by Crippen LogP contribution is 2.28. The number of aromatic nitrogens is 2. The fraction of sp³-hybridized carbons (Fsp3) is 0. The van der Waals surface area contributed by atoms with Crippen LogP contribution in [0.3, 0.4) is 0 Å². The average molecular weight is 391 g/mol. The number of benzene rings is 2. The van der Waals surface area contributed by atoms with Crippen LogP contribution in [-0.4, -0.2) is 9.55 Å². The summed E-state index contributed by atoms with van der Waals surface area (Å²) in [4.78, 5) is 4.46. The van der Waals surface area contributed by atoms with Gasteiger partial charge in [0.1, 0.15) is 0 Å². The van der Waals surface area contributed by atoms with Gasteiger partial charge in [-0.15, -0.1) is 11.3 Å². The maximum Gasteiger partial charge on any atom is 0.205 e. The Labute approximate surface area is 133 Å². The second kappa shape index (κ2) is 4.46. The predicted molar refractivity (Wildman–Crippen MR) is 93.6 cm³/mol. The van der Waals surface area contributed by atoms with E-state index in [0.717, 1.165) is 20.3 Å². The first-order chi connectivity index (χ1) is 9.72. The van der Waals surface area contributed by atoms with Crippen LogP contribution < -0.4 is 5.73 Å². The Balaban J connectivity index is 2.03. The van der Waals surface area contributed by atoms with Gasteiger partial charge in [-0.05, 0) is 75.8 Å². The molecule has 2 aromatic carbocycles. The van der Waals surface area contributed by atoms with Gasteiger partial charge in [-0.25, -0.2) is 4.98 Å². The maximum absolute atomic E-state index is 6.11. The van der Waals surface area contributed by atoms with Crippen molar-refractivity contribution in [3.63, 3.8) is 0 Å². The van der Waals surface area contributed by atoms with Crippen LogP contribution in [0.4, 0.5) is 5.95 Å². The first kappa shape index (κ1) is 12.2. The first-order valence-corrected chi connectivity index (χ1v) is 8.09. The SMILES string of the molecule is Nc1nc2cc(I)ccc2n1-c1ccc2sccc2c1. The fourth-order valence-electron chi connectivity index (χ4n) is 2.44. The molecule has 5 heteroatoms. The molecule has 98 valence electrons. The summed E-state index contributed by atoms with van der Waals surface area (Å²) >= 11 is 4.03. The Morgan fingerprint density at radius 1 is 1.10 bits per heavy atom. The molecule has 0 bridgehead atoms. The van der Waals surface area contributed by atoms with Crippen molar-refractivity contribution in [3.8, 4) is 5.69 Å². The number of nitrogens with zero attached hydrogens (tertiary/aromatic N) is 2. The van der Waals surface area contributed by atoms with Crippen LogP contribution in [0.15, 0.2) is 47.8 Å². The van der Waals surface area contributed by atoms with E-state index in [-0.39, 0.29) is 0 Å². The third kappa shape index (κ3) is 1.81. The number of nitrogens with two attached hydrogens (primary N) is 1. The Morgan fingerprint density at radius 3 is 2.90 bits per heavy atom. The van der Waals surface area contributed by atoms with Gasteiger partial charge in [0, 0.05) is 14.0 Å². The van der Waals surface area contributed by atoms with E-state index in [4.69, 9.17) is 5.73 Å². The summed E-state index contributed by atoms with van der Waals surface area (Å²) in [5, 5.41) is 3.34. The van der Waals surface area contributed by atoms with Crippen molar-refractivity contribution in [2.75, 3.05) is 5.73 Å². The topological polar surface area (TPSA) is 43.8 Å². The molecular formula is C15H10IN3S. The van der Waals surface area contributed by atoms with Gasteiger partial charge in [0.25, 0.3) is 0 Å². The minimum absolute atomic E-state index is 0.525. The lowest BCUT2D eigenvalue weighted by Gasteiger charge is -2.06. The summed E-state index contributed by atoms with van der Waals surface area (Å²) in [6.07, 6.45) is 0. The second-order valence-corrected chi connectivity index (χ2v) is 6.77. The van der Waals surface area contributed by atoms with E-state index in [9.17, 15) is 0 Å². The third-order valence-corrected chi connectivity index (χ3v) is 4.91. The molecule has 20 heavy (non-hydrogen) atoms. The van der Waals surface area contributed by atoms with Crippen LogP contribution in [0.5, 0.6) is 0 Å².